The number of anilines is 2. The van der Waals surface area contributed by atoms with Crippen LogP contribution in [0.25, 0.3) is 5.65 Å². The third-order valence-electron chi connectivity index (χ3n) is 4.33. The molecule has 1 saturated heterocycles. The molecule has 0 radical (unpaired) electrons. The van der Waals surface area contributed by atoms with Gasteiger partial charge in [-0.2, -0.15) is 5.10 Å². The number of rotatable bonds is 4. The first-order valence-electron chi connectivity index (χ1n) is 8.46. The minimum Gasteiger partial charge on any atom is -0.353 e. The first kappa shape index (κ1) is 17.3. The van der Waals surface area contributed by atoms with Crippen LogP contribution in [0.2, 0.25) is 0 Å². The van der Waals surface area contributed by atoms with Crippen molar-refractivity contribution in [3.05, 3.63) is 35.9 Å². The molecule has 0 unspecified atom stereocenters. The molecule has 1 aliphatic heterocycles. The Morgan fingerprint density at radius 3 is 2.78 bits per heavy atom. The summed E-state index contributed by atoms with van der Waals surface area (Å²) in [6.07, 6.45) is -0.0825. The van der Waals surface area contributed by atoms with E-state index >= 15 is 0 Å². The van der Waals surface area contributed by atoms with Gasteiger partial charge in [0.05, 0.1) is 11.9 Å². The second kappa shape index (κ2) is 6.91. The van der Waals surface area contributed by atoms with Gasteiger partial charge in [-0.3, -0.25) is 9.48 Å². The number of carbonyl (C=O) groups is 1. The lowest BCUT2D eigenvalue weighted by atomic mass is 10.3. The van der Waals surface area contributed by atoms with Gasteiger partial charge in [0.15, 0.2) is 17.0 Å². The Labute approximate surface area is 153 Å². The highest BCUT2D eigenvalue weighted by molar-refractivity contribution is 6.03. The number of alkyl halides is 2. The number of nitrogens with zero attached hydrogens (tertiary/aromatic N) is 6. The number of amides is 1. The Morgan fingerprint density at radius 1 is 1.26 bits per heavy atom. The zero-order valence-electron chi connectivity index (χ0n) is 14.6. The summed E-state index contributed by atoms with van der Waals surface area (Å²) in [4.78, 5) is 18.9. The fraction of sp³-hybridized carbons (Fsp3) is 0.375. The molecule has 0 atom stereocenters. The number of piperazine rings is 1. The third kappa shape index (κ3) is 3.33. The predicted octanol–water partition coefficient (Wildman–Crippen LogP) is 1.06. The Bertz CT molecular complexity index is 976. The van der Waals surface area contributed by atoms with E-state index < -0.39 is 18.0 Å². The second-order valence-corrected chi connectivity index (χ2v) is 6.20. The van der Waals surface area contributed by atoms with Gasteiger partial charge in [0, 0.05) is 39.4 Å². The lowest BCUT2D eigenvalue weighted by molar-refractivity contribution is 0.101. The van der Waals surface area contributed by atoms with Gasteiger partial charge in [-0.15, -0.1) is 5.10 Å². The van der Waals surface area contributed by atoms with Crippen LogP contribution in [0.15, 0.2) is 24.5 Å². The number of halogens is 2. The molecular formula is C16H18F2N8O. The highest BCUT2D eigenvalue weighted by Gasteiger charge is 2.22. The average molecular weight is 376 g/mol. The zero-order valence-corrected chi connectivity index (χ0v) is 14.6. The molecule has 1 aliphatic rings. The van der Waals surface area contributed by atoms with Crippen LogP contribution < -0.4 is 15.5 Å². The summed E-state index contributed by atoms with van der Waals surface area (Å²) in [6, 6.07) is 3.63. The molecule has 0 spiro atoms. The number of hydrogen-bond donors (Lipinski definition) is 2. The van der Waals surface area contributed by atoms with Crippen LogP contribution in [0.3, 0.4) is 0 Å². The van der Waals surface area contributed by atoms with E-state index in [1.165, 1.54) is 28.6 Å². The van der Waals surface area contributed by atoms with Crippen LogP contribution in [-0.4, -0.2) is 56.5 Å². The molecule has 0 saturated carbocycles. The van der Waals surface area contributed by atoms with Gasteiger partial charge >= 0.3 is 0 Å². The molecule has 9 nitrogen and oxygen atoms in total. The van der Waals surface area contributed by atoms with Gasteiger partial charge in [-0.25, -0.2) is 18.3 Å². The van der Waals surface area contributed by atoms with E-state index in [4.69, 9.17) is 0 Å². The maximum Gasteiger partial charge on any atom is 0.284 e. The van der Waals surface area contributed by atoms with E-state index in [9.17, 15) is 13.6 Å². The monoisotopic (exact) mass is 376 g/mol. The molecule has 4 heterocycles. The first-order valence-corrected chi connectivity index (χ1v) is 8.46. The molecule has 142 valence electrons. The maximum atomic E-state index is 13.1. The number of aryl methyl sites for hydroxylation is 1. The number of aromatic nitrogens is 5. The highest BCUT2D eigenvalue weighted by Crippen LogP contribution is 2.25. The van der Waals surface area contributed by atoms with Gasteiger partial charge < -0.3 is 15.5 Å². The van der Waals surface area contributed by atoms with E-state index in [2.05, 4.69) is 30.7 Å². The van der Waals surface area contributed by atoms with Crippen LogP contribution in [0.4, 0.5) is 20.3 Å². The fourth-order valence-electron chi connectivity index (χ4n) is 3.03. The summed E-state index contributed by atoms with van der Waals surface area (Å²) in [5, 5.41) is 13.9. The normalized spacial score (nSPS) is 14.9. The lowest BCUT2D eigenvalue weighted by Crippen LogP contribution is -2.44. The van der Waals surface area contributed by atoms with Crippen molar-refractivity contribution in [2.45, 2.75) is 6.43 Å². The van der Waals surface area contributed by atoms with E-state index in [-0.39, 0.29) is 11.4 Å². The van der Waals surface area contributed by atoms with Crippen LogP contribution in [0.5, 0.6) is 0 Å². The minimum absolute atomic E-state index is 0.0364. The van der Waals surface area contributed by atoms with Gasteiger partial charge in [-0.05, 0) is 12.1 Å². The molecular weight excluding hydrogens is 358 g/mol. The Balaban J connectivity index is 1.64. The van der Waals surface area contributed by atoms with Crippen LogP contribution in [0.1, 0.15) is 22.6 Å². The summed E-state index contributed by atoms with van der Waals surface area (Å²) >= 11 is 0. The van der Waals surface area contributed by atoms with Crippen molar-refractivity contribution in [3.63, 3.8) is 0 Å². The minimum atomic E-state index is -2.79. The quantitative estimate of drug-likeness (QED) is 0.708. The van der Waals surface area contributed by atoms with Crippen LogP contribution >= 0.6 is 0 Å². The number of imidazole rings is 1. The molecule has 2 N–H and O–H groups in total. The SMILES string of the molecule is Cn1cc(NC(=O)c2cnc3ccc(N4CCNCC4)nn23)c(C(F)F)n1. The Morgan fingerprint density at radius 2 is 2.04 bits per heavy atom. The predicted molar refractivity (Wildman–Crippen MR) is 94.2 cm³/mol. The van der Waals surface area contributed by atoms with Crippen molar-refractivity contribution >= 4 is 23.1 Å². The molecule has 0 bridgehead atoms. The van der Waals surface area contributed by atoms with Crippen molar-refractivity contribution in [2.75, 3.05) is 36.4 Å². The van der Waals surface area contributed by atoms with Crippen molar-refractivity contribution < 1.29 is 13.6 Å². The topological polar surface area (TPSA) is 92.4 Å². The number of fused-ring (bicyclic) bond motifs is 1. The van der Waals surface area contributed by atoms with Crippen molar-refractivity contribution in [1.82, 2.24) is 29.7 Å². The average Bonchev–Trinajstić information content (AvgIpc) is 3.25. The highest BCUT2D eigenvalue weighted by atomic mass is 19.3. The smallest absolute Gasteiger partial charge is 0.284 e. The van der Waals surface area contributed by atoms with Crippen molar-refractivity contribution in [3.8, 4) is 0 Å². The lowest BCUT2D eigenvalue weighted by Gasteiger charge is -2.28. The fourth-order valence-corrected chi connectivity index (χ4v) is 3.03. The number of nitrogens with one attached hydrogen (secondary N) is 2. The first-order chi connectivity index (χ1) is 13.0. The van der Waals surface area contributed by atoms with Gasteiger partial charge in [0.2, 0.25) is 0 Å². The molecule has 1 fully saturated rings. The Hall–Kier alpha value is -3.08. The largest absolute Gasteiger partial charge is 0.353 e. The zero-order chi connectivity index (χ0) is 19.0. The molecule has 3 aromatic rings. The summed E-state index contributed by atoms with van der Waals surface area (Å²) < 4.78 is 28.8. The summed E-state index contributed by atoms with van der Waals surface area (Å²) in [6.45, 7) is 3.33. The number of hydrogen-bond acceptors (Lipinski definition) is 6. The molecule has 11 heteroatoms. The molecule has 0 aromatic carbocycles. The van der Waals surface area contributed by atoms with E-state index in [1.807, 2.05) is 6.07 Å². The second-order valence-electron chi connectivity index (χ2n) is 6.20. The van der Waals surface area contributed by atoms with Gasteiger partial charge in [-0.1, -0.05) is 0 Å². The van der Waals surface area contributed by atoms with E-state index in [0.29, 0.717) is 5.65 Å². The van der Waals surface area contributed by atoms with Crippen LogP contribution in [-0.2, 0) is 7.05 Å². The maximum absolute atomic E-state index is 13.1. The van der Waals surface area contributed by atoms with Crippen LogP contribution in [0, 0.1) is 0 Å². The van der Waals surface area contributed by atoms with Gasteiger partial charge in [0.25, 0.3) is 12.3 Å². The molecule has 27 heavy (non-hydrogen) atoms. The van der Waals surface area contributed by atoms with E-state index in [0.717, 1.165) is 32.0 Å². The molecule has 4 rings (SSSR count). The summed E-state index contributed by atoms with van der Waals surface area (Å²) in [5.41, 5.74) is 0.144. The summed E-state index contributed by atoms with van der Waals surface area (Å²) in [7, 11) is 1.51. The Kier molecular flexibility index (Phi) is 4.44. The third-order valence-corrected chi connectivity index (χ3v) is 4.33. The molecule has 3 aromatic heterocycles. The summed E-state index contributed by atoms with van der Waals surface area (Å²) in [5.74, 6) is 0.146. The molecule has 1 amide bonds. The number of carbonyl (C=O) groups excluding carboxylic acids is 1. The van der Waals surface area contributed by atoms with E-state index in [1.54, 1.807) is 6.07 Å². The standard InChI is InChI=1S/C16H18F2N8O/c1-24-9-10(14(23-24)15(17)18)21-16(27)11-8-20-12-2-3-13(22-26(11)12)25-6-4-19-5-7-25/h2-3,8-9,15,19H,4-7H2,1H3,(H,21,27). The van der Waals surface area contributed by atoms with Crippen molar-refractivity contribution in [1.29, 1.82) is 0 Å². The van der Waals surface area contributed by atoms with Crippen molar-refractivity contribution in [2.24, 2.45) is 7.05 Å². The van der Waals surface area contributed by atoms with Gasteiger partial charge in [0.1, 0.15) is 5.82 Å². The molecule has 0 aliphatic carbocycles.